The highest BCUT2D eigenvalue weighted by Crippen LogP contribution is 2.34. The molecule has 0 aliphatic rings. The summed E-state index contributed by atoms with van der Waals surface area (Å²) in [5, 5.41) is 18.0. The van der Waals surface area contributed by atoms with Gasteiger partial charge < -0.3 is 29.1 Å². The molecule has 0 atom stereocenters. The van der Waals surface area contributed by atoms with Crippen molar-refractivity contribution in [2.45, 2.75) is 103 Å². The second kappa shape index (κ2) is 28.0. The lowest BCUT2D eigenvalue weighted by atomic mass is 10.1. The third-order valence-corrected chi connectivity index (χ3v) is 6.56. The van der Waals surface area contributed by atoms with Crippen LogP contribution in [-0.4, -0.2) is 57.3 Å². The first-order valence-corrected chi connectivity index (χ1v) is 14.6. The zero-order valence-corrected chi connectivity index (χ0v) is 22.7. The van der Waals surface area contributed by atoms with Crippen molar-refractivity contribution in [3.8, 4) is 0 Å². The lowest BCUT2D eigenvalue weighted by Crippen LogP contribution is -3.13. The monoisotopic (exact) mass is 495 g/mol. The molecule has 0 saturated carbocycles. The van der Waals surface area contributed by atoms with Gasteiger partial charge in [-0.2, -0.15) is 0 Å². The van der Waals surface area contributed by atoms with Crippen LogP contribution in [0, 0.1) is 0 Å². The van der Waals surface area contributed by atoms with E-state index in [4.69, 9.17) is 10.2 Å². The van der Waals surface area contributed by atoms with E-state index in [1.54, 1.807) is 0 Å². The van der Waals surface area contributed by atoms with Crippen LogP contribution >= 0.6 is 7.82 Å². The molecule has 0 aromatic rings. The summed E-state index contributed by atoms with van der Waals surface area (Å²) in [6, 6.07) is 0. The number of phosphoric ester groups is 1. The number of quaternary nitrogens is 1. The predicted molar refractivity (Wildman–Crippen MR) is 135 cm³/mol. The highest BCUT2D eigenvalue weighted by molar-refractivity contribution is 7.45. The standard InChI is InChI=1S/C23H47NO2.C2H7O4P/c1-2-3-4-5-6-7-8-9-10-11-12-13-14-15-16-17-18-19-24(20-22-25)21-23-26;1-5-7(3,4)6-2/h10-11,25-26H,2-9,12-23H2,1H3;1-2H3,(H,3,4)/b11-10-;. The van der Waals surface area contributed by atoms with Crippen molar-refractivity contribution in [2.75, 3.05) is 47.1 Å². The summed E-state index contributed by atoms with van der Waals surface area (Å²) in [5.74, 6) is 0. The van der Waals surface area contributed by atoms with Crippen LogP contribution < -0.4 is 9.79 Å². The molecule has 0 fully saturated rings. The quantitative estimate of drug-likeness (QED) is 0.112. The van der Waals surface area contributed by atoms with Crippen LogP contribution in [0.5, 0.6) is 0 Å². The summed E-state index contributed by atoms with van der Waals surface area (Å²) in [6.45, 7) is 5.35. The van der Waals surface area contributed by atoms with E-state index in [1.807, 2.05) is 0 Å². The van der Waals surface area contributed by atoms with Crippen LogP contribution in [0.15, 0.2) is 12.2 Å². The van der Waals surface area contributed by atoms with Crippen molar-refractivity contribution in [1.82, 2.24) is 0 Å². The van der Waals surface area contributed by atoms with Gasteiger partial charge >= 0.3 is 0 Å². The highest BCUT2D eigenvalue weighted by atomic mass is 31.2. The van der Waals surface area contributed by atoms with Crippen molar-refractivity contribution in [1.29, 1.82) is 0 Å². The molecule has 7 nitrogen and oxygen atoms in total. The number of aliphatic hydroxyl groups is 2. The number of aliphatic hydroxyl groups excluding tert-OH is 2. The number of phosphoric acid groups is 1. The molecular formula is C25H54NO6P. The van der Waals surface area contributed by atoms with Gasteiger partial charge in [0.15, 0.2) is 0 Å². The molecule has 200 valence electrons. The molecule has 0 spiro atoms. The number of allylic oxidation sites excluding steroid dienone is 2. The molecule has 0 rings (SSSR count). The molecule has 0 radical (unpaired) electrons. The predicted octanol–water partition coefficient (Wildman–Crippen LogP) is 4.03. The molecule has 33 heavy (non-hydrogen) atoms. The lowest BCUT2D eigenvalue weighted by molar-refractivity contribution is -0.901. The van der Waals surface area contributed by atoms with Gasteiger partial charge in [0.05, 0.1) is 19.8 Å². The van der Waals surface area contributed by atoms with Gasteiger partial charge in [0, 0.05) is 14.2 Å². The largest absolute Gasteiger partial charge is 0.756 e. The van der Waals surface area contributed by atoms with Gasteiger partial charge in [0.2, 0.25) is 0 Å². The minimum Gasteiger partial charge on any atom is -0.756 e. The van der Waals surface area contributed by atoms with Gasteiger partial charge in [0.25, 0.3) is 7.82 Å². The van der Waals surface area contributed by atoms with Crippen molar-refractivity contribution in [3.05, 3.63) is 12.2 Å². The first kappa shape index (κ1) is 34.9. The highest BCUT2D eigenvalue weighted by Gasteiger charge is 2.05. The van der Waals surface area contributed by atoms with E-state index in [2.05, 4.69) is 28.1 Å². The Kier molecular flexibility index (Phi) is 29.6. The third-order valence-electron chi connectivity index (χ3n) is 5.67. The molecular weight excluding hydrogens is 441 g/mol. The maximum absolute atomic E-state index is 9.95. The Morgan fingerprint density at radius 1 is 0.697 bits per heavy atom. The smallest absolute Gasteiger partial charge is 0.267 e. The molecule has 0 heterocycles. The van der Waals surface area contributed by atoms with Gasteiger partial charge in [-0.25, -0.2) is 0 Å². The summed E-state index contributed by atoms with van der Waals surface area (Å²) >= 11 is 0. The Balaban J connectivity index is 0. The van der Waals surface area contributed by atoms with Crippen LogP contribution in [0.2, 0.25) is 0 Å². The molecule has 8 heteroatoms. The zero-order valence-electron chi connectivity index (χ0n) is 21.8. The topological polar surface area (TPSA) is 103 Å². The summed E-state index contributed by atoms with van der Waals surface area (Å²) in [5.41, 5.74) is 0. The minimum atomic E-state index is -3.90. The average molecular weight is 496 g/mol. The molecule has 0 saturated heterocycles. The van der Waals surface area contributed by atoms with E-state index in [0.29, 0.717) is 0 Å². The fourth-order valence-corrected chi connectivity index (χ4v) is 3.71. The number of hydrogen-bond donors (Lipinski definition) is 3. The first-order chi connectivity index (χ1) is 16.0. The van der Waals surface area contributed by atoms with E-state index < -0.39 is 7.82 Å². The van der Waals surface area contributed by atoms with E-state index in [1.165, 1.54) is 101 Å². The van der Waals surface area contributed by atoms with Crippen molar-refractivity contribution < 1.29 is 33.6 Å². The van der Waals surface area contributed by atoms with E-state index >= 15 is 0 Å². The molecule has 0 aliphatic carbocycles. The van der Waals surface area contributed by atoms with E-state index in [-0.39, 0.29) is 13.2 Å². The maximum Gasteiger partial charge on any atom is 0.267 e. The Hall–Kier alpha value is -0.270. The van der Waals surface area contributed by atoms with Crippen molar-refractivity contribution >= 4 is 7.82 Å². The fourth-order valence-electron chi connectivity index (χ4n) is 3.57. The van der Waals surface area contributed by atoms with Crippen molar-refractivity contribution in [3.63, 3.8) is 0 Å². The maximum atomic E-state index is 9.95. The molecule has 0 bridgehead atoms. The van der Waals surface area contributed by atoms with Gasteiger partial charge in [-0.15, -0.1) is 0 Å². The molecule has 0 aromatic heterocycles. The van der Waals surface area contributed by atoms with Crippen LogP contribution in [0.25, 0.3) is 0 Å². The number of nitrogens with one attached hydrogen (secondary N) is 1. The Morgan fingerprint density at radius 2 is 1.09 bits per heavy atom. The first-order valence-electron chi connectivity index (χ1n) is 13.1. The second-order valence-electron chi connectivity index (χ2n) is 8.55. The van der Waals surface area contributed by atoms with Crippen LogP contribution in [-0.2, 0) is 13.6 Å². The average Bonchev–Trinajstić information content (AvgIpc) is 2.81. The molecule has 0 aromatic carbocycles. The van der Waals surface area contributed by atoms with E-state index in [0.717, 1.165) is 33.9 Å². The van der Waals surface area contributed by atoms with Gasteiger partial charge in [-0.3, -0.25) is 4.57 Å². The SMILES string of the molecule is CCCCCCCCC/C=C\CCCCCCCC[NH+](CCO)CCO.COP(=O)([O-])OC. The lowest BCUT2D eigenvalue weighted by Gasteiger charge is -2.17. The van der Waals surface area contributed by atoms with E-state index in [9.17, 15) is 9.46 Å². The normalized spacial score (nSPS) is 11.8. The van der Waals surface area contributed by atoms with Crippen molar-refractivity contribution in [2.24, 2.45) is 0 Å². The summed E-state index contributed by atoms with van der Waals surface area (Å²) in [7, 11) is -1.83. The summed E-state index contributed by atoms with van der Waals surface area (Å²) < 4.78 is 17.7. The van der Waals surface area contributed by atoms with Crippen LogP contribution in [0.3, 0.4) is 0 Å². The molecule has 0 amide bonds. The van der Waals surface area contributed by atoms with Crippen LogP contribution in [0.4, 0.5) is 0 Å². The Labute approximate surface area is 204 Å². The number of unbranched alkanes of at least 4 members (excludes halogenated alkanes) is 13. The van der Waals surface area contributed by atoms with Gasteiger partial charge in [-0.1, -0.05) is 76.9 Å². The molecule has 0 aliphatic heterocycles. The Morgan fingerprint density at radius 3 is 1.45 bits per heavy atom. The molecule has 3 N–H and O–H groups in total. The summed E-state index contributed by atoms with van der Waals surface area (Å²) in [4.78, 5) is 11.3. The summed E-state index contributed by atoms with van der Waals surface area (Å²) in [6.07, 6.45) is 25.0. The second-order valence-corrected chi connectivity index (χ2v) is 10.2. The third kappa shape index (κ3) is 29.7. The van der Waals surface area contributed by atoms with Gasteiger partial charge in [0.1, 0.15) is 13.1 Å². The molecule has 0 unspecified atom stereocenters. The fraction of sp³-hybridized carbons (Fsp3) is 0.920. The Bertz CT molecular complexity index is 437. The number of rotatable bonds is 23. The zero-order chi connectivity index (χ0) is 25.0. The van der Waals surface area contributed by atoms with Crippen LogP contribution in [0.1, 0.15) is 103 Å². The van der Waals surface area contributed by atoms with Gasteiger partial charge in [-0.05, 0) is 38.5 Å². The number of hydrogen-bond acceptors (Lipinski definition) is 6. The minimum absolute atomic E-state index is 0.224.